The van der Waals surface area contributed by atoms with Crippen LogP contribution in [0.2, 0.25) is 0 Å². The standard InChI is InChI=1S/C16H25N3O2S/c1-16(2,3)21-15(20)19-12-6-5-11(7-12)8-14-17-9-13(22-4)10-18-14/h9-12H,5-8H2,1-4H3,(H,19,20)/t11-,12-/m0/s1. The molecule has 0 radical (unpaired) electrons. The van der Waals surface area contributed by atoms with Gasteiger partial charge in [0.05, 0.1) is 0 Å². The summed E-state index contributed by atoms with van der Waals surface area (Å²) in [7, 11) is 0. The first kappa shape index (κ1) is 17.1. The van der Waals surface area contributed by atoms with E-state index in [0.717, 1.165) is 36.4 Å². The van der Waals surface area contributed by atoms with Gasteiger partial charge in [0.2, 0.25) is 0 Å². The Morgan fingerprint density at radius 1 is 1.36 bits per heavy atom. The van der Waals surface area contributed by atoms with Gasteiger partial charge in [0.15, 0.2) is 0 Å². The molecule has 1 heterocycles. The molecule has 1 amide bonds. The fourth-order valence-corrected chi connectivity index (χ4v) is 2.99. The molecule has 1 aromatic heterocycles. The third-order valence-corrected chi connectivity index (χ3v) is 4.33. The van der Waals surface area contributed by atoms with Crippen molar-refractivity contribution in [2.45, 2.75) is 63.0 Å². The molecule has 1 saturated carbocycles. The first-order valence-electron chi connectivity index (χ1n) is 7.70. The first-order chi connectivity index (χ1) is 10.4. The number of rotatable bonds is 4. The highest BCUT2D eigenvalue weighted by Gasteiger charge is 2.28. The second kappa shape index (κ2) is 7.31. The summed E-state index contributed by atoms with van der Waals surface area (Å²) in [5.74, 6) is 1.42. The molecular weight excluding hydrogens is 298 g/mol. The number of nitrogens with one attached hydrogen (secondary N) is 1. The van der Waals surface area contributed by atoms with Gasteiger partial charge in [0.25, 0.3) is 0 Å². The zero-order valence-electron chi connectivity index (χ0n) is 13.8. The summed E-state index contributed by atoms with van der Waals surface area (Å²) in [6.07, 6.45) is 9.37. The molecule has 1 aliphatic rings. The predicted octanol–water partition coefficient (Wildman–Crippen LogP) is 3.43. The quantitative estimate of drug-likeness (QED) is 0.860. The molecule has 5 nitrogen and oxygen atoms in total. The number of nitrogens with zero attached hydrogens (tertiary/aromatic N) is 2. The van der Waals surface area contributed by atoms with Crippen LogP contribution in [0.1, 0.15) is 45.9 Å². The van der Waals surface area contributed by atoms with Crippen molar-refractivity contribution in [3.8, 4) is 0 Å². The van der Waals surface area contributed by atoms with Gasteiger partial charge in [-0.3, -0.25) is 0 Å². The van der Waals surface area contributed by atoms with Gasteiger partial charge in [-0.25, -0.2) is 14.8 Å². The van der Waals surface area contributed by atoms with Crippen molar-refractivity contribution in [3.05, 3.63) is 18.2 Å². The molecule has 0 saturated heterocycles. The van der Waals surface area contributed by atoms with Gasteiger partial charge >= 0.3 is 6.09 Å². The number of aromatic nitrogens is 2. The number of alkyl carbamates (subject to hydrolysis) is 1. The number of ether oxygens (including phenoxy) is 1. The van der Waals surface area contributed by atoms with Crippen molar-refractivity contribution >= 4 is 17.9 Å². The maximum atomic E-state index is 11.8. The van der Waals surface area contributed by atoms with E-state index in [0.29, 0.717) is 5.92 Å². The molecule has 0 aliphatic heterocycles. The van der Waals surface area contributed by atoms with Crippen molar-refractivity contribution in [2.75, 3.05) is 6.26 Å². The van der Waals surface area contributed by atoms with Gasteiger partial charge in [-0.1, -0.05) is 0 Å². The van der Waals surface area contributed by atoms with E-state index >= 15 is 0 Å². The van der Waals surface area contributed by atoms with Gasteiger partial charge in [-0.05, 0) is 52.2 Å². The maximum Gasteiger partial charge on any atom is 0.407 e. The Labute approximate surface area is 136 Å². The number of carbonyl (C=O) groups excluding carboxylic acids is 1. The molecule has 0 spiro atoms. The lowest BCUT2D eigenvalue weighted by molar-refractivity contribution is 0.0504. The third kappa shape index (κ3) is 5.48. The summed E-state index contributed by atoms with van der Waals surface area (Å²) in [5.41, 5.74) is -0.449. The molecule has 6 heteroatoms. The normalized spacial score (nSPS) is 21.6. The minimum atomic E-state index is -0.449. The summed E-state index contributed by atoms with van der Waals surface area (Å²) >= 11 is 1.65. The lowest BCUT2D eigenvalue weighted by Crippen LogP contribution is -2.38. The highest BCUT2D eigenvalue weighted by atomic mass is 32.2. The van der Waals surface area contributed by atoms with Crippen molar-refractivity contribution in [3.63, 3.8) is 0 Å². The Morgan fingerprint density at radius 3 is 2.64 bits per heavy atom. The van der Waals surface area contributed by atoms with Crippen LogP contribution in [-0.2, 0) is 11.2 Å². The SMILES string of the molecule is CSc1cnc(C[C@H]2CC[C@H](NC(=O)OC(C)(C)C)C2)nc1. The molecule has 22 heavy (non-hydrogen) atoms. The zero-order chi connectivity index (χ0) is 16.2. The Balaban J connectivity index is 1.78. The van der Waals surface area contributed by atoms with E-state index in [1.807, 2.05) is 39.4 Å². The third-order valence-electron chi connectivity index (χ3n) is 3.65. The molecule has 1 fully saturated rings. The molecule has 1 aliphatic carbocycles. The van der Waals surface area contributed by atoms with Crippen LogP contribution in [0, 0.1) is 5.92 Å². The van der Waals surface area contributed by atoms with E-state index in [9.17, 15) is 4.79 Å². The van der Waals surface area contributed by atoms with Gasteiger partial charge in [-0.2, -0.15) is 0 Å². The van der Waals surface area contributed by atoms with Crippen LogP contribution in [0.15, 0.2) is 17.3 Å². The maximum absolute atomic E-state index is 11.8. The second-order valence-corrected chi connectivity index (χ2v) is 7.65. The Hall–Kier alpha value is -1.30. The molecule has 2 rings (SSSR count). The molecule has 1 N–H and O–H groups in total. The minimum Gasteiger partial charge on any atom is -0.444 e. The van der Waals surface area contributed by atoms with Crippen molar-refractivity contribution < 1.29 is 9.53 Å². The van der Waals surface area contributed by atoms with Gasteiger partial charge in [-0.15, -0.1) is 11.8 Å². The van der Waals surface area contributed by atoms with E-state index in [4.69, 9.17) is 4.74 Å². The van der Waals surface area contributed by atoms with E-state index < -0.39 is 5.60 Å². The molecule has 122 valence electrons. The van der Waals surface area contributed by atoms with Crippen LogP contribution < -0.4 is 5.32 Å². The van der Waals surface area contributed by atoms with Crippen LogP contribution >= 0.6 is 11.8 Å². The smallest absolute Gasteiger partial charge is 0.407 e. The number of thioether (sulfide) groups is 1. The van der Waals surface area contributed by atoms with Crippen LogP contribution in [0.4, 0.5) is 4.79 Å². The van der Waals surface area contributed by atoms with Crippen LogP contribution in [-0.4, -0.2) is 34.0 Å². The van der Waals surface area contributed by atoms with Crippen molar-refractivity contribution in [1.29, 1.82) is 0 Å². The number of carbonyl (C=O) groups is 1. The van der Waals surface area contributed by atoms with E-state index in [2.05, 4.69) is 15.3 Å². The second-order valence-electron chi connectivity index (χ2n) is 6.77. The lowest BCUT2D eigenvalue weighted by Gasteiger charge is -2.21. The fraction of sp³-hybridized carbons (Fsp3) is 0.688. The summed E-state index contributed by atoms with van der Waals surface area (Å²) < 4.78 is 5.30. The Morgan fingerprint density at radius 2 is 2.05 bits per heavy atom. The van der Waals surface area contributed by atoms with Crippen LogP contribution in [0.3, 0.4) is 0 Å². The fourth-order valence-electron chi connectivity index (χ4n) is 2.68. The first-order valence-corrected chi connectivity index (χ1v) is 8.92. The largest absolute Gasteiger partial charge is 0.444 e. The van der Waals surface area contributed by atoms with E-state index in [-0.39, 0.29) is 12.1 Å². The molecule has 2 atom stereocenters. The van der Waals surface area contributed by atoms with E-state index in [1.54, 1.807) is 11.8 Å². The predicted molar refractivity (Wildman–Crippen MR) is 88.0 cm³/mol. The summed E-state index contributed by atoms with van der Waals surface area (Å²) in [4.78, 5) is 21.7. The highest BCUT2D eigenvalue weighted by Crippen LogP contribution is 2.28. The molecule has 0 aromatic carbocycles. The Bertz CT molecular complexity index is 499. The average Bonchev–Trinajstić information content (AvgIpc) is 2.84. The van der Waals surface area contributed by atoms with Gasteiger partial charge in [0, 0.05) is 29.8 Å². The molecular formula is C16H25N3O2S. The zero-order valence-corrected chi connectivity index (χ0v) is 14.6. The van der Waals surface area contributed by atoms with Crippen LogP contribution in [0.25, 0.3) is 0 Å². The highest BCUT2D eigenvalue weighted by molar-refractivity contribution is 7.98. The topological polar surface area (TPSA) is 64.1 Å². The number of amides is 1. The van der Waals surface area contributed by atoms with Gasteiger partial charge < -0.3 is 10.1 Å². The Kier molecular flexibility index (Phi) is 5.67. The van der Waals surface area contributed by atoms with Gasteiger partial charge in [0.1, 0.15) is 11.4 Å². The summed E-state index contributed by atoms with van der Waals surface area (Å²) in [6, 6.07) is 0.199. The molecule has 0 bridgehead atoms. The number of hydrogen-bond acceptors (Lipinski definition) is 5. The summed E-state index contributed by atoms with van der Waals surface area (Å²) in [6.45, 7) is 5.62. The van der Waals surface area contributed by atoms with Crippen LogP contribution in [0.5, 0.6) is 0 Å². The minimum absolute atomic E-state index is 0.199. The molecule has 1 aromatic rings. The summed E-state index contributed by atoms with van der Waals surface area (Å²) in [5, 5.41) is 2.96. The number of hydrogen-bond donors (Lipinski definition) is 1. The van der Waals surface area contributed by atoms with Crippen molar-refractivity contribution in [2.24, 2.45) is 5.92 Å². The monoisotopic (exact) mass is 323 g/mol. The van der Waals surface area contributed by atoms with Crippen molar-refractivity contribution in [1.82, 2.24) is 15.3 Å². The average molecular weight is 323 g/mol. The molecule has 0 unspecified atom stereocenters. The lowest BCUT2D eigenvalue weighted by atomic mass is 10.0. The van der Waals surface area contributed by atoms with E-state index in [1.165, 1.54) is 0 Å².